The third kappa shape index (κ3) is 2.76. The summed E-state index contributed by atoms with van der Waals surface area (Å²) in [4.78, 5) is 9.81. The molecule has 0 aliphatic carbocycles. The predicted molar refractivity (Wildman–Crippen MR) is 122 cm³/mol. The molecule has 30 heavy (non-hydrogen) atoms. The van der Waals surface area contributed by atoms with Gasteiger partial charge in [0.05, 0.1) is 17.2 Å². The van der Waals surface area contributed by atoms with Gasteiger partial charge in [0.15, 0.2) is 5.82 Å². The smallest absolute Gasteiger partial charge is 0.162 e. The molecule has 0 unspecified atom stereocenters. The Morgan fingerprint density at radius 1 is 0.700 bits per heavy atom. The lowest BCUT2D eigenvalue weighted by Gasteiger charge is -2.12. The van der Waals surface area contributed by atoms with E-state index in [-0.39, 0.29) is 0 Å². The van der Waals surface area contributed by atoms with Crippen LogP contribution in [-0.4, -0.2) is 20.2 Å². The van der Waals surface area contributed by atoms with Crippen LogP contribution in [0.4, 0.5) is 11.5 Å². The van der Waals surface area contributed by atoms with E-state index in [0.29, 0.717) is 5.82 Å². The van der Waals surface area contributed by atoms with Crippen molar-refractivity contribution in [2.75, 3.05) is 5.32 Å². The highest BCUT2D eigenvalue weighted by Crippen LogP contribution is 2.31. The number of nitrogens with zero attached hydrogens (tertiary/aromatic N) is 3. The summed E-state index contributed by atoms with van der Waals surface area (Å²) in [7, 11) is 0. The Bertz CT molecular complexity index is 1530. The van der Waals surface area contributed by atoms with Gasteiger partial charge in [0, 0.05) is 22.0 Å². The SMILES string of the molecule is c1ccc2c(-c3nc(Nc4ccc5[nH]ncc5c4)c4ccccc4n3)cccc2c1. The molecule has 6 rings (SSSR count). The molecule has 0 aliphatic rings. The Balaban J connectivity index is 1.54. The highest BCUT2D eigenvalue weighted by molar-refractivity contribution is 5.98. The molecule has 0 fully saturated rings. The van der Waals surface area contributed by atoms with Crippen LogP contribution in [0.5, 0.6) is 0 Å². The average molecular weight is 387 g/mol. The molecular weight excluding hydrogens is 370 g/mol. The van der Waals surface area contributed by atoms with Crippen molar-refractivity contribution in [2.45, 2.75) is 0 Å². The lowest BCUT2D eigenvalue weighted by atomic mass is 10.0. The molecule has 0 saturated heterocycles. The zero-order valence-electron chi connectivity index (χ0n) is 16.0. The average Bonchev–Trinajstić information content (AvgIpc) is 3.26. The van der Waals surface area contributed by atoms with Crippen LogP contribution < -0.4 is 5.32 Å². The third-order valence-corrected chi connectivity index (χ3v) is 5.34. The fourth-order valence-electron chi connectivity index (χ4n) is 3.87. The molecule has 0 radical (unpaired) electrons. The molecule has 142 valence electrons. The summed E-state index contributed by atoms with van der Waals surface area (Å²) in [6, 6.07) is 28.7. The third-order valence-electron chi connectivity index (χ3n) is 5.34. The molecule has 0 bridgehead atoms. The number of para-hydroxylation sites is 1. The van der Waals surface area contributed by atoms with Crippen molar-refractivity contribution in [2.24, 2.45) is 0 Å². The second kappa shape index (κ2) is 6.67. The van der Waals surface area contributed by atoms with Gasteiger partial charge in [0.1, 0.15) is 5.82 Å². The standard InChI is InChI=1S/C25H17N5/c1-2-8-19-16(6-1)7-5-10-20(19)24-28-23-11-4-3-9-21(23)25(29-24)27-18-12-13-22-17(14-18)15-26-30-22/h1-15H,(H,26,30)(H,27,28,29). The number of rotatable bonds is 3. The van der Waals surface area contributed by atoms with Crippen molar-refractivity contribution in [1.29, 1.82) is 0 Å². The van der Waals surface area contributed by atoms with Crippen molar-refractivity contribution >= 4 is 44.1 Å². The van der Waals surface area contributed by atoms with Gasteiger partial charge in [0.2, 0.25) is 0 Å². The van der Waals surface area contributed by atoms with Crippen molar-refractivity contribution in [3.05, 3.63) is 91.1 Å². The van der Waals surface area contributed by atoms with E-state index in [1.807, 2.05) is 54.7 Å². The highest BCUT2D eigenvalue weighted by Gasteiger charge is 2.12. The molecule has 0 aliphatic heterocycles. The van der Waals surface area contributed by atoms with Gasteiger partial charge in [-0.1, -0.05) is 54.6 Å². The molecule has 5 nitrogen and oxygen atoms in total. The van der Waals surface area contributed by atoms with E-state index < -0.39 is 0 Å². The Labute approximate surface area is 172 Å². The van der Waals surface area contributed by atoms with Crippen LogP contribution >= 0.6 is 0 Å². The Morgan fingerprint density at radius 2 is 1.53 bits per heavy atom. The quantitative estimate of drug-likeness (QED) is 0.387. The first-order chi connectivity index (χ1) is 14.8. The van der Waals surface area contributed by atoms with Crippen LogP contribution in [0.15, 0.2) is 91.1 Å². The summed E-state index contributed by atoms with van der Waals surface area (Å²) >= 11 is 0. The number of hydrogen-bond donors (Lipinski definition) is 2. The lowest BCUT2D eigenvalue weighted by Crippen LogP contribution is -1.99. The molecular formula is C25H17N5. The molecule has 0 atom stereocenters. The van der Waals surface area contributed by atoms with Crippen LogP contribution in [0.2, 0.25) is 0 Å². The maximum absolute atomic E-state index is 4.94. The van der Waals surface area contributed by atoms with E-state index in [2.05, 4.69) is 51.9 Å². The number of aromatic nitrogens is 4. The summed E-state index contributed by atoms with van der Waals surface area (Å²) in [5.41, 5.74) is 3.88. The second-order valence-electron chi connectivity index (χ2n) is 7.24. The first kappa shape index (κ1) is 16.7. The fraction of sp³-hybridized carbons (Fsp3) is 0. The van der Waals surface area contributed by atoms with E-state index in [1.54, 1.807) is 0 Å². The molecule has 6 aromatic rings. The van der Waals surface area contributed by atoms with Crippen molar-refractivity contribution in [3.63, 3.8) is 0 Å². The number of anilines is 2. The molecule has 0 amide bonds. The van der Waals surface area contributed by atoms with Gasteiger partial charge < -0.3 is 5.32 Å². The number of hydrogen-bond acceptors (Lipinski definition) is 4. The van der Waals surface area contributed by atoms with Gasteiger partial charge in [-0.25, -0.2) is 9.97 Å². The molecule has 2 aromatic heterocycles. The summed E-state index contributed by atoms with van der Waals surface area (Å²) in [6.07, 6.45) is 1.82. The summed E-state index contributed by atoms with van der Waals surface area (Å²) < 4.78 is 0. The number of nitrogens with one attached hydrogen (secondary N) is 2. The summed E-state index contributed by atoms with van der Waals surface area (Å²) in [5, 5.41) is 14.9. The number of fused-ring (bicyclic) bond motifs is 3. The number of benzene rings is 4. The number of H-pyrrole nitrogens is 1. The normalized spacial score (nSPS) is 11.3. The van der Waals surface area contributed by atoms with Gasteiger partial charge in [-0.2, -0.15) is 5.10 Å². The first-order valence-electron chi connectivity index (χ1n) is 9.80. The van der Waals surface area contributed by atoms with Crippen LogP contribution in [0, 0.1) is 0 Å². The lowest BCUT2D eigenvalue weighted by molar-refractivity contribution is 1.12. The van der Waals surface area contributed by atoms with Crippen molar-refractivity contribution in [1.82, 2.24) is 20.2 Å². The zero-order valence-corrected chi connectivity index (χ0v) is 16.0. The van der Waals surface area contributed by atoms with Gasteiger partial charge in [-0.3, -0.25) is 5.10 Å². The monoisotopic (exact) mass is 387 g/mol. The Hall–Kier alpha value is -4.25. The topological polar surface area (TPSA) is 66.5 Å². The van der Waals surface area contributed by atoms with E-state index in [4.69, 9.17) is 9.97 Å². The Morgan fingerprint density at radius 3 is 2.50 bits per heavy atom. The molecule has 2 heterocycles. The van der Waals surface area contributed by atoms with Gasteiger partial charge >= 0.3 is 0 Å². The van der Waals surface area contributed by atoms with E-state index in [0.717, 1.165) is 44.3 Å². The molecule has 5 heteroatoms. The summed E-state index contributed by atoms with van der Waals surface area (Å²) in [5.74, 6) is 1.49. The largest absolute Gasteiger partial charge is 0.340 e. The molecule has 4 aromatic carbocycles. The van der Waals surface area contributed by atoms with Crippen molar-refractivity contribution in [3.8, 4) is 11.4 Å². The summed E-state index contributed by atoms with van der Waals surface area (Å²) in [6.45, 7) is 0. The highest BCUT2D eigenvalue weighted by atomic mass is 15.1. The van der Waals surface area contributed by atoms with Crippen LogP contribution in [0.3, 0.4) is 0 Å². The van der Waals surface area contributed by atoms with Gasteiger partial charge in [-0.05, 0) is 41.1 Å². The van der Waals surface area contributed by atoms with E-state index >= 15 is 0 Å². The van der Waals surface area contributed by atoms with Gasteiger partial charge in [-0.15, -0.1) is 0 Å². The van der Waals surface area contributed by atoms with Crippen LogP contribution in [0.25, 0.3) is 44.0 Å². The maximum atomic E-state index is 4.94. The molecule has 0 spiro atoms. The first-order valence-corrected chi connectivity index (χ1v) is 9.80. The minimum Gasteiger partial charge on any atom is -0.340 e. The maximum Gasteiger partial charge on any atom is 0.162 e. The zero-order chi connectivity index (χ0) is 19.9. The van der Waals surface area contributed by atoms with E-state index in [9.17, 15) is 0 Å². The second-order valence-corrected chi connectivity index (χ2v) is 7.24. The van der Waals surface area contributed by atoms with E-state index in [1.165, 1.54) is 5.39 Å². The fourth-order valence-corrected chi connectivity index (χ4v) is 3.87. The number of aromatic amines is 1. The predicted octanol–water partition coefficient (Wildman–Crippen LogP) is 6.07. The van der Waals surface area contributed by atoms with Gasteiger partial charge in [0.25, 0.3) is 0 Å². The van der Waals surface area contributed by atoms with Crippen LogP contribution in [0.1, 0.15) is 0 Å². The minimum atomic E-state index is 0.706. The Kier molecular flexibility index (Phi) is 3.71. The molecule has 2 N–H and O–H groups in total. The van der Waals surface area contributed by atoms with Crippen LogP contribution in [-0.2, 0) is 0 Å². The van der Waals surface area contributed by atoms with Crippen molar-refractivity contribution < 1.29 is 0 Å². The minimum absolute atomic E-state index is 0.706. The molecule has 0 saturated carbocycles.